The second kappa shape index (κ2) is 9.64. The number of rotatable bonds is 6. The van der Waals surface area contributed by atoms with Crippen LogP contribution in [0.4, 0.5) is 5.69 Å². The van der Waals surface area contributed by atoms with Crippen LogP contribution in [0.25, 0.3) is 0 Å². The summed E-state index contributed by atoms with van der Waals surface area (Å²) < 4.78 is 1.93. The minimum absolute atomic E-state index is 0.0308. The molecule has 0 radical (unpaired) electrons. The van der Waals surface area contributed by atoms with Gasteiger partial charge in [-0.1, -0.05) is 31.7 Å². The number of aromatic nitrogens is 3. The van der Waals surface area contributed by atoms with Crippen molar-refractivity contribution in [2.75, 3.05) is 24.2 Å². The molecule has 0 aliphatic carbocycles. The second-order valence-corrected chi connectivity index (χ2v) is 9.58. The summed E-state index contributed by atoms with van der Waals surface area (Å²) >= 11 is 1.35. The Morgan fingerprint density at radius 1 is 1.23 bits per heavy atom. The Morgan fingerprint density at radius 3 is 2.60 bits per heavy atom. The van der Waals surface area contributed by atoms with Gasteiger partial charge in [0.15, 0.2) is 5.16 Å². The molecule has 2 atom stereocenters. The van der Waals surface area contributed by atoms with Crippen LogP contribution in [0.5, 0.6) is 0 Å². The fourth-order valence-corrected chi connectivity index (χ4v) is 4.75. The second-order valence-electron chi connectivity index (χ2n) is 8.64. The normalized spacial score (nSPS) is 19.2. The first-order valence-corrected chi connectivity index (χ1v) is 11.4. The first-order chi connectivity index (χ1) is 14.2. The molecule has 1 aromatic carbocycles. The van der Waals surface area contributed by atoms with Crippen molar-refractivity contribution in [2.45, 2.75) is 52.2 Å². The number of hydrogen-bond donors (Lipinski definition) is 1. The van der Waals surface area contributed by atoms with Crippen LogP contribution in [0.15, 0.2) is 29.7 Å². The number of hydrogen-bond acceptors (Lipinski definition) is 5. The maximum atomic E-state index is 13.0. The van der Waals surface area contributed by atoms with Crippen molar-refractivity contribution in [3.63, 3.8) is 0 Å². The van der Waals surface area contributed by atoms with E-state index in [4.69, 9.17) is 0 Å². The molecule has 0 spiro atoms. The van der Waals surface area contributed by atoms with E-state index in [1.54, 1.807) is 12.4 Å². The van der Waals surface area contributed by atoms with E-state index < -0.39 is 0 Å². The molecule has 2 unspecified atom stereocenters. The molecule has 8 heteroatoms. The van der Waals surface area contributed by atoms with Gasteiger partial charge < -0.3 is 14.8 Å². The van der Waals surface area contributed by atoms with Crippen LogP contribution in [-0.2, 0) is 4.79 Å². The van der Waals surface area contributed by atoms with E-state index in [0.29, 0.717) is 28.2 Å². The van der Waals surface area contributed by atoms with Crippen LogP contribution in [0.3, 0.4) is 0 Å². The number of benzene rings is 1. The standard InChI is InChI=1S/C22H31N5O2S/c1-14(2)27-13-23-25-22(27)30-12-20(28)24-19-9-18(7-6-17(19)5)21(29)26-10-15(3)8-16(4)11-26/h6-7,9,13-16H,8,10-12H2,1-5H3,(H,24,28). The first-order valence-electron chi connectivity index (χ1n) is 10.5. The SMILES string of the molecule is Cc1ccc(C(=O)N2CC(C)CC(C)C2)cc1NC(=O)CSc1nncn1C(C)C. The fourth-order valence-electron chi connectivity index (χ4n) is 3.91. The molecule has 2 heterocycles. The third-order valence-electron chi connectivity index (χ3n) is 5.34. The lowest BCUT2D eigenvalue weighted by Gasteiger charge is -2.35. The Balaban J connectivity index is 1.65. The molecule has 1 aliphatic rings. The predicted molar refractivity (Wildman–Crippen MR) is 120 cm³/mol. The van der Waals surface area contributed by atoms with Gasteiger partial charge in [0.05, 0.1) is 5.75 Å². The van der Waals surface area contributed by atoms with E-state index in [9.17, 15) is 9.59 Å². The summed E-state index contributed by atoms with van der Waals surface area (Å²) in [6.45, 7) is 12.0. The molecule has 0 saturated carbocycles. The molecular weight excluding hydrogens is 398 g/mol. The summed E-state index contributed by atoms with van der Waals surface area (Å²) in [6.07, 6.45) is 2.83. The number of piperidine rings is 1. The average Bonchev–Trinajstić information content (AvgIpc) is 3.16. The van der Waals surface area contributed by atoms with Gasteiger partial charge in [-0.25, -0.2) is 0 Å². The van der Waals surface area contributed by atoms with Crippen molar-refractivity contribution in [3.8, 4) is 0 Å². The fraction of sp³-hybridized carbons (Fsp3) is 0.545. The lowest BCUT2D eigenvalue weighted by Crippen LogP contribution is -2.42. The summed E-state index contributed by atoms with van der Waals surface area (Å²) in [7, 11) is 0. The van der Waals surface area contributed by atoms with Crippen LogP contribution in [0, 0.1) is 18.8 Å². The smallest absolute Gasteiger partial charge is 0.253 e. The van der Waals surface area contributed by atoms with Crippen LogP contribution < -0.4 is 5.32 Å². The molecule has 1 aliphatic heterocycles. The molecule has 1 fully saturated rings. The van der Waals surface area contributed by atoms with Gasteiger partial charge in [0.1, 0.15) is 6.33 Å². The number of carbonyl (C=O) groups is 2. The highest BCUT2D eigenvalue weighted by Gasteiger charge is 2.26. The number of amides is 2. The van der Waals surface area contributed by atoms with Crippen molar-refractivity contribution in [1.82, 2.24) is 19.7 Å². The quantitative estimate of drug-likeness (QED) is 0.702. The van der Waals surface area contributed by atoms with Gasteiger partial charge in [-0.2, -0.15) is 0 Å². The Hall–Kier alpha value is -2.35. The maximum absolute atomic E-state index is 13.0. The van der Waals surface area contributed by atoms with Crippen molar-refractivity contribution in [2.24, 2.45) is 11.8 Å². The van der Waals surface area contributed by atoms with E-state index in [2.05, 4.69) is 29.4 Å². The van der Waals surface area contributed by atoms with E-state index in [1.807, 2.05) is 42.4 Å². The third kappa shape index (κ3) is 5.41. The van der Waals surface area contributed by atoms with Gasteiger partial charge in [-0.05, 0) is 56.7 Å². The Kier molecular flexibility index (Phi) is 7.18. The van der Waals surface area contributed by atoms with Gasteiger partial charge >= 0.3 is 0 Å². The summed E-state index contributed by atoms with van der Waals surface area (Å²) in [5, 5.41) is 11.7. The zero-order valence-electron chi connectivity index (χ0n) is 18.4. The van der Waals surface area contributed by atoms with Gasteiger partial charge in [0, 0.05) is 30.4 Å². The zero-order valence-corrected chi connectivity index (χ0v) is 19.2. The Labute approximate surface area is 182 Å². The highest BCUT2D eigenvalue weighted by molar-refractivity contribution is 7.99. The number of likely N-dealkylation sites (tertiary alicyclic amines) is 1. The lowest BCUT2D eigenvalue weighted by molar-refractivity contribution is -0.113. The third-order valence-corrected chi connectivity index (χ3v) is 6.30. The number of aryl methyl sites for hydroxylation is 1. The zero-order chi connectivity index (χ0) is 21.8. The Bertz CT molecular complexity index is 901. The molecular formula is C22H31N5O2S. The van der Waals surface area contributed by atoms with Crippen molar-refractivity contribution < 1.29 is 9.59 Å². The minimum atomic E-state index is -0.133. The van der Waals surface area contributed by atoms with Gasteiger partial charge in [-0.3, -0.25) is 9.59 Å². The number of anilines is 1. The van der Waals surface area contributed by atoms with E-state index in [-0.39, 0.29) is 23.6 Å². The predicted octanol–water partition coefficient (Wildman–Crippen LogP) is 4.02. The first kappa shape index (κ1) is 22.3. The summed E-state index contributed by atoms with van der Waals surface area (Å²) in [5.74, 6) is 1.14. The van der Waals surface area contributed by atoms with Crippen LogP contribution >= 0.6 is 11.8 Å². The highest BCUT2D eigenvalue weighted by Crippen LogP contribution is 2.25. The lowest BCUT2D eigenvalue weighted by atomic mass is 9.91. The summed E-state index contributed by atoms with van der Waals surface area (Å²) in [5.41, 5.74) is 2.22. The molecule has 162 valence electrons. The summed E-state index contributed by atoms with van der Waals surface area (Å²) in [4.78, 5) is 27.5. The molecule has 1 saturated heterocycles. The van der Waals surface area contributed by atoms with Crippen LogP contribution in [0.1, 0.15) is 56.1 Å². The Morgan fingerprint density at radius 2 is 1.93 bits per heavy atom. The molecule has 2 aromatic rings. The number of carbonyl (C=O) groups excluding carboxylic acids is 2. The number of thioether (sulfide) groups is 1. The van der Waals surface area contributed by atoms with Crippen molar-refractivity contribution in [3.05, 3.63) is 35.7 Å². The number of nitrogens with one attached hydrogen (secondary N) is 1. The van der Waals surface area contributed by atoms with Crippen LogP contribution in [-0.4, -0.2) is 50.3 Å². The molecule has 30 heavy (non-hydrogen) atoms. The molecule has 1 N–H and O–H groups in total. The maximum Gasteiger partial charge on any atom is 0.253 e. The van der Waals surface area contributed by atoms with Gasteiger partial charge in [0.25, 0.3) is 5.91 Å². The molecule has 1 aromatic heterocycles. The monoisotopic (exact) mass is 429 g/mol. The van der Waals surface area contributed by atoms with Crippen molar-refractivity contribution >= 4 is 29.3 Å². The summed E-state index contributed by atoms with van der Waals surface area (Å²) in [6, 6.07) is 5.76. The molecule has 3 rings (SSSR count). The van der Waals surface area contributed by atoms with Crippen molar-refractivity contribution in [1.29, 1.82) is 0 Å². The van der Waals surface area contributed by atoms with E-state index in [1.165, 1.54) is 11.8 Å². The highest BCUT2D eigenvalue weighted by atomic mass is 32.2. The average molecular weight is 430 g/mol. The van der Waals surface area contributed by atoms with Gasteiger partial charge in [0.2, 0.25) is 5.91 Å². The van der Waals surface area contributed by atoms with E-state index in [0.717, 1.165) is 25.1 Å². The van der Waals surface area contributed by atoms with Crippen LogP contribution in [0.2, 0.25) is 0 Å². The molecule has 0 bridgehead atoms. The number of nitrogens with zero attached hydrogens (tertiary/aromatic N) is 4. The molecule has 7 nitrogen and oxygen atoms in total. The largest absolute Gasteiger partial charge is 0.338 e. The minimum Gasteiger partial charge on any atom is -0.338 e. The molecule has 2 amide bonds. The van der Waals surface area contributed by atoms with E-state index >= 15 is 0 Å². The van der Waals surface area contributed by atoms with Gasteiger partial charge in [-0.15, -0.1) is 10.2 Å². The topological polar surface area (TPSA) is 80.1 Å².